The number of unbranched alkanes of at least 4 members (excludes halogenated alkanes) is 2. The van der Waals surface area contributed by atoms with E-state index in [-0.39, 0.29) is 29.4 Å². The first-order chi connectivity index (χ1) is 14.7. The molecule has 1 aromatic rings. The van der Waals surface area contributed by atoms with Gasteiger partial charge in [-0.3, -0.25) is 39.3 Å². The van der Waals surface area contributed by atoms with Crippen LogP contribution in [0.2, 0.25) is 0 Å². The van der Waals surface area contributed by atoms with Gasteiger partial charge in [0.25, 0.3) is 29.5 Å². The van der Waals surface area contributed by atoms with Crippen molar-refractivity contribution in [1.82, 2.24) is 10.4 Å². The van der Waals surface area contributed by atoms with E-state index in [1.54, 1.807) is 12.1 Å². The second kappa shape index (κ2) is 10.9. The second-order valence-corrected chi connectivity index (χ2v) is 6.83. The molecule has 0 unspecified atom stereocenters. The van der Waals surface area contributed by atoms with Crippen molar-refractivity contribution in [3.05, 3.63) is 42.0 Å². The standard InChI is InChI=1S/C17H18N2O4.C4H5NO3/c1-2-3-4-8-14(20)18-17(23)12-6-5-7-13(11-12)19-15(21)9-10-16(19)22;6-3-1-2-4(7)5(3)8/h5-7,9-11H,2-4,8H2,1H3,(H,18,20,23);8H,1-2H2. The lowest BCUT2D eigenvalue weighted by Gasteiger charge is -2.14. The lowest BCUT2D eigenvalue weighted by Crippen LogP contribution is -2.32. The first kappa shape index (κ1) is 23.6. The third-order valence-electron chi connectivity index (χ3n) is 4.46. The van der Waals surface area contributed by atoms with Gasteiger partial charge >= 0.3 is 0 Å². The van der Waals surface area contributed by atoms with Crippen molar-refractivity contribution in [2.45, 2.75) is 45.4 Å². The van der Waals surface area contributed by atoms with E-state index in [0.717, 1.165) is 24.2 Å². The number of hydroxylamine groups is 2. The van der Waals surface area contributed by atoms with Crippen molar-refractivity contribution in [3.8, 4) is 0 Å². The fourth-order valence-electron chi connectivity index (χ4n) is 2.80. The zero-order valence-corrected chi connectivity index (χ0v) is 17.0. The number of anilines is 1. The van der Waals surface area contributed by atoms with Crippen LogP contribution in [0.1, 0.15) is 55.8 Å². The van der Waals surface area contributed by atoms with Crippen molar-refractivity contribution in [1.29, 1.82) is 0 Å². The van der Waals surface area contributed by atoms with Crippen molar-refractivity contribution in [2.75, 3.05) is 4.90 Å². The summed E-state index contributed by atoms with van der Waals surface area (Å²) < 4.78 is 0. The normalized spacial score (nSPS) is 15.3. The molecule has 2 heterocycles. The van der Waals surface area contributed by atoms with Gasteiger partial charge < -0.3 is 0 Å². The monoisotopic (exact) mass is 429 g/mol. The summed E-state index contributed by atoms with van der Waals surface area (Å²) in [5.74, 6) is -2.79. The van der Waals surface area contributed by atoms with Crippen LogP contribution in [-0.2, 0) is 24.0 Å². The number of imide groups is 3. The SMILES string of the molecule is CCCCCC(=O)NC(=O)c1cccc(N2C(=O)C=CC2=O)c1.O=C1CCC(=O)N1O. The third-order valence-corrected chi connectivity index (χ3v) is 4.46. The summed E-state index contributed by atoms with van der Waals surface area (Å²) in [6, 6.07) is 6.06. The Morgan fingerprint density at radius 2 is 1.61 bits per heavy atom. The number of hydrogen-bond donors (Lipinski definition) is 2. The number of nitrogens with one attached hydrogen (secondary N) is 1. The van der Waals surface area contributed by atoms with E-state index in [1.807, 2.05) is 6.92 Å². The van der Waals surface area contributed by atoms with Crippen LogP contribution < -0.4 is 10.2 Å². The molecule has 10 heteroatoms. The van der Waals surface area contributed by atoms with Crippen LogP contribution in [-0.4, -0.2) is 45.7 Å². The first-order valence-corrected chi connectivity index (χ1v) is 9.79. The lowest BCUT2D eigenvalue weighted by molar-refractivity contribution is -0.171. The molecular formula is C21H23N3O7. The van der Waals surface area contributed by atoms with Crippen LogP contribution in [0.5, 0.6) is 0 Å². The molecule has 1 aromatic carbocycles. The van der Waals surface area contributed by atoms with Crippen LogP contribution in [0.4, 0.5) is 5.69 Å². The topological polar surface area (TPSA) is 141 Å². The van der Waals surface area contributed by atoms with E-state index in [2.05, 4.69) is 5.32 Å². The number of amides is 6. The second-order valence-electron chi connectivity index (χ2n) is 6.83. The Balaban J connectivity index is 0.000000357. The summed E-state index contributed by atoms with van der Waals surface area (Å²) in [4.78, 5) is 68.5. The van der Waals surface area contributed by atoms with Crippen molar-refractivity contribution in [3.63, 3.8) is 0 Å². The van der Waals surface area contributed by atoms with Gasteiger partial charge in [-0.05, 0) is 24.6 Å². The minimum Gasteiger partial charge on any atom is -0.292 e. The molecular weight excluding hydrogens is 406 g/mol. The predicted octanol–water partition coefficient (Wildman–Crippen LogP) is 1.48. The average molecular weight is 429 g/mol. The number of carbonyl (C=O) groups is 6. The summed E-state index contributed by atoms with van der Waals surface area (Å²) in [7, 11) is 0. The molecule has 2 aliphatic heterocycles. The van der Waals surface area contributed by atoms with Crippen LogP contribution in [0, 0.1) is 0 Å². The van der Waals surface area contributed by atoms with Gasteiger partial charge in [-0.1, -0.05) is 25.8 Å². The van der Waals surface area contributed by atoms with E-state index in [9.17, 15) is 28.8 Å². The number of nitrogens with zero attached hydrogens (tertiary/aromatic N) is 2. The Labute approximate surface area is 178 Å². The van der Waals surface area contributed by atoms with Gasteiger partial charge in [0.1, 0.15) is 0 Å². The number of benzene rings is 1. The molecule has 0 aromatic heterocycles. The van der Waals surface area contributed by atoms with Gasteiger partial charge in [-0.2, -0.15) is 5.06 Å². The molecule has 0 saturated carbocycles. The van der Waals surface area contributed by atoms with Gasteiger partial charge in [-0.15, -0.1) is 0 Å². The number of carbonyl (C=O) groups excluding carboxylic acids is 6. The molecule has 0 atom stereocenters. The molecule has 1 saturated heterocycles. The summed E-state index contributed by atoms with van der Waals surface area (Å²) in [6.45, 7) is 2.03. The van der Waals surface area contributed by atoms with E-state index in [0.29, 0.717) is 12.1 Å². The van der Waals surface area contributed by atoms with Gasteiger partial charge in [0.05, 0.1) is 5.69 Å². The van der Waals surface area contributed by atoms with Crippen molar-refractivity contribution < 1.29 is 34.0 Å². The number of hydrogen-bond acceptors (Lipinski definition) is 7. The molecule has 3 rings (SSSR count). The highest BCUT2D eigenvalue weighted by Crippen LogP contribution is 2.20. The molecule has 0 aliphatic carbocycles. The summed E-state index contributed by atoms with van der Waals surface area (Å²) >= 11 is 0. The van der Waals surface area contributed by atoms with E-state index < -0.39 is 29.5 Å². The largest absolute Gasteiger partial charge is 0.292 e. The Morgan fingerprint density at radius 3 is 2.13 bits per heavy atom. The smallest absolute Gasteiger partial charge is 0.258 e. The third kappa shape index (κ3) is 6.41. The fourth-order valence-corrected chi connectivity index (χ4v) is 2.80. The van der Waals surface area contributed by atoms with Gasteiger partial charge in [0.2, 0.25) is 5.91 Å². The van der Waals surface area contributed by atoms with E-state index in [1.165, 1.54) is 24.3 Å². The Kier molecular flexibility index (Phi) is 8.33. The highest BCUT2D eigenvalue weighted by Gasteiger charge is 2.27. The highest BCUT2D eigenvalue weighted by atomic mass is 16.5. The Morgan fingerprint density at radius 1 is 1.00 bits per heavy atom. The van der Waals surface area contributed by atoms with Gasteiger partial charge in [0, 0.05) is 37.0 Å². The first-order valence-electron chi connectivity index (χ1n) is 9.79. The minimum absolute atomic E-state index is 0.148. The quantitative estimate of drug-likeness (QED) is 0.396. The van der Waals surface area contributed by atoms with Crippen LogP contribution in [0.3, 0.4) is 0 Å². The minimum atomic E-state index is -0.541. The summed E-state index contributed by atoms with van der Waals surface area (Å²) in [5, 5.41) is 10.9. The molecule has 1 fully saturated rings. The Bertz CT molecular complexity index is 905. The molecule has 10 nitrogen and oxygen atoms in total. The average Bonchev–Trinajstić information content (AvgIpc) is 3.24. The van der Waals surface area contributed by atoms with Gasteiger partial charge in [0.15, 0.2) is 0 Å². The maximum Gasteiger partial charge on any atom is 0.258 e. The molecule has 0 bridgehead atoms. The van der Waals surface area contributed by atoms with Crippen LogP contribution in [0.25, 0.3) is 0 Å². The van der Waals surface area contributed by atoms with Crippen LogP contribution in [0.15, 0.2) is 36.4 Å². The number of rotatable bonds is 6. The fraction of sp³-hybridized carbons (Fsp3) is 0.333. The maximum atomic E-state index is 12.1. The molecule has 164 valence electrons. The maximum absolute atomic E-state index is 12.1. The molecule has 0 spiro atoms. The Hall–Kier alpha value is -3.66. The summed E-state index contributed by atoms with van der Waals surface area (Å²) in [6.07, 6.45) is 5.60. The van der Waals surface area contributed by atoms with Crippen LogP contribution >= 0.6 is 0 Å². The molecule has 2 aliphatic rings. The predicted molar refractivity (Wildman–Crippen MR) is 108 cm³/mol. The molecule has 31 heavy (non-hydrogen) atoms. The van der Waals surface area contributed by atoms with Gasteiger partial charge in [-0.25, -0.2) is 4.90 Å². The molecule has 2 N–H and O–H groups in total. The lowest BCUT2D eigenvalue weighted by atomic mass is 10.1. The molecule has 0 radical (unpaired) electrons. The van der Waals surface area contributed by atoms with Crippen molar-refractivity contribution in [2.24, 2.45) is 0 Å². The summed E-state index contributed by atoms with van der Waals surface area (Å²) in [5.41, 5.74) is 0.523. The van der Waals surface area contributed by atoms with E-state index >= 15 is 0 Å². The molecule has 6 amide bonds. The van der Waals surface area contributed by atoms with Crippen molar-refractivity contribution >= 4 is 41.1 Å². The van der Waals surface area contributed by atoms with E-state index in [4.69, 9.17) is 5.21 Å². The zero-order valence-electron chi connectivity index (χ0n) is 17.0. The highest BCUT2D eigenvalue weighted by molar-refractivity contribution is 6.28. The zero-order chi connectivity index (χ0) is 23.0.